The van der Waals surface area contributed by atoms with Crippen LogP contribution in [0.5, 0.6) is 0 Å². The van der Waals surface area contributed by atoms with Crippen molar-refractivity contribution >= 4 is 11.3 Å². The molecule has 0 amide bonds. The topological polar surface area (TPSA) is 21.7 Å². The highest BCUT2D eigenvalue weighted by Gasteiger charge is 2.47. The van der Waals surface area contributed by atoms with Crippen molar-refractivity contribution < 1.29 is 9.47 Å². The quantitative estimate of drug-likeness (QED) is 0.833. The average Bonchev–Trinajstić information content (AvgIpc) is 2.81. The van der Waals surface area contributed by atoms with Crippen LogP contribution >= 0.6 is 11.3 Å². The van der Waals surface area contributed by atoms with Crippen LogP contribution in [0.25, 0.3) is 0 Å². The van der Waals surface area contributed by atoms with Gasteiger partial charge in [-0.25, -0.2) is 0 Å². The summed E-state index contributed by atoms with van der Waals surface area (Å²) in [4.78, 5) is 4.03. The van der Waals surface area contributed by atoms with Gasteiger partial charge in [0.25, 0.3) is 0 Å². The number of rotatable bonds is 5. The molecule has 0 bridgehead atoms. The lowest BCUT2D eigenvalue weighted by Gasteiger charge is -2.53. The largest absolute Gasteiger partial charge is 0.385 e. The second-order valence-electron chi connectivity index (χ2n) is 6.34. The van der Waals surface area contributed by atoms with Crippen molar-refractivity contribution in [3.8, 4) is 0 Å². The third-order valence-corrected chi connectivity index (χ3v) is 5.69. The van der Waals surface area contributed by atoms with Gasteiger partial charge in [-0.2, -0.15) is 0 Å². The fraction of sp³-hybridized carbons (Fsp3) is 0.750. The van der Waals surface area contributed by atoms with E-state index < -0.39 is 0 Å². The predicted molar refractivity (Wildman–Crippen MR) is 82.2 cm³/mol. The zero-order chi connectivity index (χ0) is 14.0. The number of aryl methyl sites for hydroxylation is 1. The Morgan fingerprint density at radius 3 is 3.05 bits per heavy atom. The minimum Gasteiger partial charge on any atom is -0.385 e. The molecular weight excluding hydrogens is 270 g/mol. The molecule has 2 saturated heterocycles. The second-order valence-corrected chi connectivity index (χ2v) is 7.34. The van der Waals surface area contributed by atoms with Crippen molar-refractivity contribution in [3.63, 3.8) is 0 Å². The zero-order valence-electron chi connectivity index (χ0n) is 12.6. The van der Waals surface area contributed by atoms with Gasteiger partial charge in [0.05, 0.1) is 5.60 Å². The molecule has 1 aromatic rings. The summed E-state index contributed by atoms with van der Waals surface area (Å²) in [6.07, 6.45) is 3.61. The van der Waals surface area contributed by atoms with Gasteiger partial charge in [-0.05, 0) is 49.1 Å². The van der Waals surface area contributed by atoms with Gasteiger partial charge in [0.2, 0.25) is 0 Å². The monoisotopic (exact) mass is 295 g/mol. The summed E-state index contributed by atoms with van der Waals surface area (Å²) >= 11 is 1.87. The zero-order valence-corrected chi connectivity index (χ0v) is 13.4. The van der Waals surface area contributed by atoms with Gasteiger partial charge in [0, 0.05) is 44.8 Å². The van der Waals surface area contributed by atoms with Crippen LogP contribution in [0.1, 0.15) is 29.7 Å². The Labute approximate surface area is 125 Å². The van der Waals surface area contributed by atoms with Crippen molar-refractivity contribution in [1.82, 2.24) is 4.90 Å². The fourth-order valence-electron chi connectivity index (χ4n) is 3.53. The van der Waals surface area contributed by atoms with Crippen molar-refractivity contribution in [1.29, 1.82) is 0 Å². The first kappa shape index (κ1) is 14.5. The standard InChI is InChI=1S/C16H25NO2S/c1-13-5-8-20-15(13)10-17-11-16(12-17)9-14(3-6-18-2)4-7-19-16/h5,8,14H,3-4,6-7,9-12H2,1-2H3/t14-/m1/s1. The van der Waals surface area contributed by atoms with Gasteiger partial charge in [-0.15, -0.1) is 11.3 Å². The highest BCUT2D eigenvalue weighted by Crippen LogP contribution is 2.39. The number of likely N-dealkylation sites (tertiary alicyclic amines) is 1. The molecule has 0 unspecified atom stereocenters. The van der Waals surface area contributed by atoms with Crippen molar-refractivity contribution in [3.05, 3.63) is 21.9 Å². The number of hydrogen-bond acceptors (Lipinski definition) is 4. The normalized spacial score (nSPS) is 25.8. The maximum atomic E-state index is 6.11. The molecule has 20 heavy (non-hydrogen) atoms. The van der Waals surface area contributed by atoms with E-state index in [2.05, 4.69) is 23.3 Å². The lowest BCUT2D eigenvalue weighted by molar-refractivity contribution is -0.182. The molecule has 2 aliphatic heterocycles. The maximum Gasteiger partial charge on any atom is 0.0937 e. The summed E-state index contributed by atoms with van der Waals surface area (Å²) in [5, 5.41) is 2.19. The molecule has 0 aliphatic carbocycles. The first-order valence-electron chi connectivity index (χ1n) is 7.59. The molecule has 0 radical (unpaired) electrons. The fourth-order valence-corrected chi connectivity index (χ4v) is 4.48. The third kappa shape index (κ3) is 3.08. The van der Waals surface area contributed by atoms with Gasteiger partial charge in [-0.3, -0.25) is 4.90 Å². The van der Waals surface area contributed by atoms with E-state index in [-0.39, 0.29) is 5.60 Å². The van der Waals surface area contributed by atoms with E-state index in [0.29, 0.717) is 0 Å². The Morgan fingerprint density at radius 1 is 1.50 bits per heavy atom. The van der Waals surface area contributed by atoms with E-state index in [1.54, 1.807) is 7.11 Å². The van der Waals surface area contributed by atoms with E-state index >= 15 is 0 Å². The molecule has 0 aromatic carbocycles. The van der Waals surface area contributed by atoms with E-state index in [1.165, 1.54) is 29.7 Å². The Bertz CT molecular complexity index is 439. The Kier molecular flexibility index (Phi) is 4.46. The minimum atomic E-state index is 0.155. The minimum absolute atomic E-state index is 0.155. The van der Waals surface area contributed by atoms with Crippen LogP contribution in [0.3, 0.4) is 0 Å². The van der Waals surface area contributed by atoms with Gasteiger partial charge in [-0.1, -0.05) is 0 Å². The number of methoxy groups -OCH3 is 1. The smallest absolute Gasteiger partial charge is 0.0937 e. The summed E-state index contributed by atoms with van der Waals surface area (Å²) in [6.45, 7) is 7.33. The molecule has 0 saturated carbocycles. The van der Waals surface area contributed by atoms with Gasteiger partial charge in [0.15, 0.2) is 0 Å². The summed E-state index contributed by atoms with van der Waals surface area (Å²) in [5.41, 5.74) is 1.58. The van der Waals surface area contributed by atoms with Gasteiger partial charge >= 0.3 is 0 Å². The molecule has 0 N–H and O–H groups in total. The van der Waals surface area contributed by atoms with Crippen LogP contribution in [0.4, 0.5) is 0 Å². The van der Waals surface area contributed by atoms with Crippen LogP contribution in [-0.4, -0.2) is 43.9 Å². The van der Waals surface area contributed by atoms with Crippen LogP contribution in [0.2, 0.25) is 0 Å². The maximum absolute atomic E-state index is 6.11. The second kappa shape index (κ2) is 6.14. The summed E-state index contributed by atoms with van der Waals surface area (Å²) in [6, 6.07) is 2.22. The molecule has 112 valence electrons. The molecule has 4 heteroatoms. The molecule has 1 aromatic heterocycles. The summed E-state index contributed by atoms with van der Waals surface area (Å²) in [5.74, 6) is 0.786. The van der Waals surface area contributed by atoms with Crippen LogP contribution in [0.15, 0.2) is 11.4 Å². The molecule has 3 heterocycles. The Morgan fingerprint density at radius 2 is 2.35 bits per heavy atom. The average molecular weight is 295 g/mol. The highest BCUT2D eigenvalue weighted by molar-refractivity contribution is 7.10. The van der Waals surface area contributed by atoms with Gasteiger partial charge < -0.3 is 9.47 Å². The summed E-state index contributed by atoms with van der Waals surface area (Å²) in [7, 11) is 1.80. The molecule has 1 atom stereocenters. The van der Waals surface area contributed by atoms with Crippen LogP contribution < -0.4 is 0 Å². The lowest BCUT2D eigenvalue weighted by atomic mass is 9.79. The number of hydrogen-bond donors (Lipinski definition) is 0. The first-order valence-corrected chi connectivity index (χ1v) is 8.47. The Balaban J connectivity index is 1.49. The lowest BCUT2D eigenvalue weighted by Crippen LogP contribution is -2.64. The first-order chi connectivity index (χ1) is 9.71. The van der Waals surface area contributed by atoms with E-state index in [1.807, 2.05) is 11.3 Å². The van der Waals surface area contributed by atoms with E-state index in [0.717, 1.165) is 38.8 Å². The molecule has 3 nitrogen and oxygen atoms in total. The van der Waals surface area contributed by atoms with Gasteiger partial charge in [0.1, 0.15) is 0 Å². The highest BCUT2D eigenvalue weighted by atomic mass is 32.1. The molecule has 2 aliphatic rings. The van der Waals surface area contributed by atoms with E-state index in [9.17, 15) is 0 Å². The van der Waals surface area contributed by atoms with Crippen LogP contribution in [-0.2, 0) is 16.0 Å². The number of ether oxygens (including phenoxy) is 2. The van der Waals surface area contributed by atoms with Crippen molar-refractivity contribution in [2.24, 2.45) is 5.92 Å². The summed E-state index contributed by atoms with van der Waals surface area (Å²) < 4.78 is 11.3. The Hall–Kier alpha value is -0.420. The van der Waals surface area contributed by atoms with Crippen molar-refractivity contribution in [2.75, 3.05) is 33.4 Å². The number of nitrogens with zero attached hydrogens (tertiary/aromatic N) is 1. The number of thiophene rings is 1. The molecule has 3 rings (SSSR count). The molecule has 2 fully saturated rings. The molecule has 1 spiro atoms. The SMILES string of the molecule is COCC[C@@H]1CCOC2(C1)CN(Cc1sccc1C)C2. The third-order valence-electron chi connectivity index (χ3n) is 4.68. The molecular formula is C16H25NO2S. The van der Waals surface area contributed by atoms with E-state index in [4.69, 9.17) is 9.47 Å². The van der Waals surface area contributed by atoms with Crippen molar-refractivity contribution in [2.45, 2.75) is 38.3 Å². The predicted octanol–water partition coefficient (Wildman–Crippen LogP) is 3.07. The van der Waals surface area contributed by atoms with Crippen LogP contribution in [0, 0.1) is 12.8 Å².